The first-order valence-corrected chi connectivity index (χ1v) is 6.30. The van der Waals surface area contributed by atoms with Gasteiger partial charge in [0.2, 0.25) is 5.91 Å². The maximum absolute atomic E-state index is 11.8. The van der Waals surface area contributed by atoms with Gasteiger partial charge >= 0.3 is 0 Å². The van der Waals surface area contributed by atoms with Gasteiger partial charge in [-0.1, -0.05) is 0 Å². The lowest BCUT2D eigenvalue weighted by Gasteiger charge is -2.24. The van der Waals surface area contributed by atoms with Crippen molar-refractivity contribution in [1.29, 1.82) is 0 Å². The van der Waals surface area contributed by atoms with Crippen LogP contribution in [-0.2, 0) is 16.1 Å². The minimum atomic E-state index is 0.0608. The Kier molecular flexibility index (Phi) is 4.72. The van der Waals surface area contributed by atoms with Gasteiger partial charge in [-0.25, -0.2) is 4.98 Å². The van der Waals surface area contributed by atoms with Crippen LogP contribution in [-0.4, -0.2) is 47.3 Å². The number of ether oxygens (including phenoxy) is 1. The molecule has 0 radical (unpaired) electrons. The molecule has 100 valence electrons. The molecule has 0 bridgehead atoms. The van der Waals surface area contributed by atoms with E-state index in [-0.39, 0.29) is 18.0 Å². The molecule has 18 heavy (non-hydrogen) atoms. The Morgan fingerprint density at radius 1 is 1.72 bits per heavy atom. The van der Waals surface area contributed by atoms with Crippen molar-refractivity contribution in [1.82, 2.24) is 20.2 Å². The SMILES string of the molecule is CC(Cn1ccnc1)NC(=O)CC1COCCN1. The number of amides is 1. The molecule has 2 unspecified atom stereocenters. The van der Waals surface area contributed by atoms with Crippen LogP contribution in [0.25, 0.3) is 0 Å². The standard InChI is InChI=1S/C12H20N4O2/c1-10(7-16-4-2-13-9-16)15-12(17)6-11-8-18-5-3-14-11/h2,4,9-11,14H,3,5-8H2,1H3,(H,15,17). The van der Waals surface area contributed by atoms with Crippen LogP contribution in [0.4, 0.5) is 0 Å². The highest BCUT2D eigenvalue weighted by Gasteiger charge is 2.17. The molecule has 1 fully saturated rings. The third-order valence-electron chi connectivity index (χ3n) is 2.88. The van der Waals surface area contributed by atoms with Gasteiger partial charge in [0, 0.05) is 44.0 Å². The molecule has 1 saturated heterocycles. The van der Waals surface area contributed by atoms with Crippen LogP contribution in [0, 0.1) is 0 Å². The lowest BCUT2D eigenvalue weighted by atomic mass is 10.2. The maximum Gasteiger partial charge on any atom is 0.221 e. The van der Waals surface area contributed by atoms with E-state index in [4.69, 9.17) is 4.74 Å². The Bertz CT molecular complexity index is 360. The first kappa shape index (κ1) is 13.0. The Balaban J connectivity index is 1.69. The van der Waals surface area contributed by atoms with Gasteiger partial charge in [-0.2, -0.15) is 0 Å². The van der Waals surface area contributed by atoms with E-state index in [1.54, 1.807) is 12.5 Å². The average molecular weight is 252 g/mol. The van der Waals surface area contributed by atoms with Gasteiger partial charge in [0.15, 0.2) is 0 Å². The zero-order valence-electron chi connectivity index (χ0n) is 10.6. The van der Waals surface area contributed by atoms with Gasteiger partial charge in [0.05, 0.1) is 19.5 Å². The van der Waals surface area contributed by atoms with Gasteiger partial charge in [0.1, 0.15) is 0 Å². The smallest absolute Gasteiger partial charge is 0.221 e. The second kappa shape index (κ2) is 6.51. The quantitative estimate of drug-likeness (QED) is 0.759. The molecule has 1 aliphatic rings. The van der Waals surface area contributed by atoms with Crippen molar-refractivity contribution in [2.24, 2.45) is 0 Å². The predicted molar refractivity (Wildman–Crippen MR) is 67.1 cm³/mol. The average Bonchev–Trinajstić information content (AvgIpc) is 2.82. The van der Waals surface area contributed by atoms with Crippen molar-refractivity contribution in [3.8, 4) is 0 Å². The molecule has 2 heterocycles. The number of carbonyl (C=O) groups is 1. The summed E-state index contributed by atoms with van der Waals surface area (Å²) in [6.45, 7) is 4.89. The molecule has 6 nitrogen and oxygen atoms in total. The fourth-order valence-electron chi connectivity index (χ4n) is 2.06. The topological polar surface area (TPSA) is 68.2 Å². The molecule has 0 spiro atoms. The van der Waals surface area contributed by atoms with Crippen molar-refractivity contribution in [2.75, 3.05) is 19.8 Å². The van der Waals surface area contributed by atoms with Gasteiger partial charge < -0.3 is 19.9 Å². The van der Waals surface area contributed by atoms with Crippen LogP contribution in [0.15, 0.2) is 18.7 Å². The minimum absolute atomic E-state index is 0.0608. The van der Waals surface area contributed by atoms with Gasteiger partial charge in [-0.3, -0.25) is 4.79 Å². The summed E-state index contributed by atoms with van der Waals surface area (Å²) in [7, 11) is 0. The van der Waals surface area contributed by atoms with Crippen LogP contribution in [0.2, 0.25) is 0 Å². The molecule has 0 aliphatic carbocycles. The first-order valence-electron chi connectivity index (χ1n) is 6.30. The van der Waals surface area contributed by atoms with Crippen LogP contribution in [0.3, 0.4) is 0 Å². The van der Waals surface area contributed by atoms with Crippen molar-refractivity contribution < 1.29 is 9.53 Å². The highest BCUT2D eigenvalue weighted by Crippen LogP contribution is 1.99. The maximum atomic E-state index is 11.8. The van der Waals surface area contributed by atoms with Crippen LogP contribution >= 0.6 is 0 Å². The molecule has 2 N–H and O–H groups in total. The number of rotatable bonds is 5. The minimum Gasteiger partial charge on any atom is -0.378 e. The van der Waals surface area contributed by atoms with Crippen molar-refractivity contribution in [2.45, 2.75) is 32.0 Å². The monoisotopic (exact) mass is 252 g/mol. The number of hydrogen-bond acceptors (Lipinski definition) is 4. The summed E-state index contributed by atoms with van der Waals surface area (Å²) in [5.74, 6) is 0.0608. The molecular weight excluding hydrogens is 232 g/mol. The van der Waals surface area contributed by atoms with E-state index in [0.717, 1.165) is 19.7 Å². The molecule has 2 rings (SSSR count). The van der Waals surface area contributed by atoms with Crippen molar-refractivity contribution in [3.05, 3.63) is 18.7 Å². The molecule has 2 atom stereocenters. The third kappa shape index (κ3) is 4.12. The Labute approximate surface area is 107 Å². The number of carbonyl (C=O) groups excluding carboxylic acids is 1. The van der Waals surface area contributed by atoms with Crippen LogP contribution in [0.5, 0.6) is 0 Å². The Morgan fingerprint density at radius 3 is 3.28 bits per heavy atom. The first-order chi connectivity index (χ1) is 8.74. The van der Waals surface area contributed by atoms with Crippen LogP contribution in [0.1, 0.15) is 13.3 Å². The summed E-state index contributed by atoms with van der Waals surface area (Å²) in [5, 5.41) is 6.25. The molecule has 1 amide bonds. The number of hydrogen-bond donors (Lipinski definition) is 2. The summed E-state index contributed by atoms with van der Waals surface area (Å²) >= 11 is 0. The van der Waals surface area contributed by atoms with E-state index in [9.17, 15) is 4.79 Å². The lowest BCUT2D eigenvalue weighted by Crippen LogP contribution is -2.45. The van der Waals surface area contributed by atoms with Crippen molar-refractivity contribution >= 4 is 5.91 Å². The Hall–Kier alpha value is -1.40. The Morgan fingerprint density at radius 2 is 2.61 bits per heavy atom. The number of nitrogens with zero attached hydrogens (tertiary/aromatic N) is 2. The van der Waals surface area contributed by atoms with Gasteiger partial charge in [-0.15, -0.1) is 0 Å². The van der Waals surface area contributed by atoms with E-state index < -0.39 is 0 Å². The summed E-state index contributed by atoms with van der Waals surface area (Å²) < 4.78 is 7.27. The van der Waals surface area contributed by atoms with E-state index >= 15 is 0 Å². The second-order valence-corrected chi connectivity index (χ2v) is 4.66. The second-order valence-electron chi connectivity index (χ2n) is 4.66. The number of morpholine rings is 1. The van der Waals surface area contributed by atoms with E-state index in [0.29, 0.717) is 13.0 Å². The van der Waals surface area contributed by atoms with E-state index in [1.165, 1.54) is 0 Å². The molecule has 0 aromatic carbocycles. The molecule has 6 heteroatoms. The normalized spacial score (nSPS) is 21.5. The third-order valence-corrected chi connectivity index (χ3v) is 2.88. The van der Waals surface area contributed by atoms with Gasteiger partial charge in [0.25, 0.3) is 0 Å². The van der Waals surface area contributed by atoms with Crippen molar-refractivity contribution in [3.63, 3.8) is 0 Å². The largest absolute Gasteiger partial charge is 0.378 e. The summed E-state index contributed by atoms with van der Waals surface area (Å²) in [4.78, 5) is 15.8. The number of nitrogens with one attached hydrogen (secondary N) is 2. The lowest BCUT2D eigenvalue weighted by molar-refractivity contribution is -0.122. The molecule has 1 aromatic heterocycles. The summed E-state index contributed by atoms with van der Waals surface area (Å²) in [5.41, 5.74) is 0. The predicted octanol–water partition coefficient (Wildman–Crippen LogP) is -0.234. The van der Waals surface area contributed by atoms with Gasteiger partial charge in [-0.05, 0) is 6.92 Å². The zero-order valence-corrected chi connectivity index (χ0v) is 10.6. The highest BCUT2D eigenvalue weighted by atomic mass is 16.5. The number of aromatic nitrogens is 2. The fraction of sp³-hybridized carbons (Fsp3) is 0.667. The zero-order chi connectivity index (χ0) is 12.8. The molecular formula is C12H20N4O2. The molecule has 1 aromatic rings. The number of imidazole rings is 1. The molecule has 0 saturated carbocycles. The summed E-state index contributed by atoms with van der Waals surface area (Å²) in [6, 6.07) is 0.232. The van der Waals surface area contributed by atoms with Crippen LogP contribution < -0.4 is 10.6 Å². The summed E-state index contributed by atoms with van der Waals surface area (Å²) in [6.07, 6.45) is 5.84. The van der Waals surface area contributed by atoms with E-state index in [1.807, 2.05) is 17.7 Å². The highest BCUT2D eigenvalue weighted by molar-refractivity contribution is 5.76. The van der Waals surface area contributed by atoms with E-state index in [2.05, 4.69) is 15.6 Å². The fourth-order valence-corrected chi connectivity index (χ4v) is 2.06. The molecule has 1 aliphatic heterocycles.